The lowest BCUT2D eigenvalue weighted by Gasteiger charge is -1.78. The first-order chi connectivity index (χ1) is 5.04. The van der Waals surface area contributed by atoms with Crippen molar-refractivity contribution in [1.29, 1.82) is 0 Å². The Kier molecular flexibility index (Phi) is 9.51. The van der Waals surface area contributed by atoms with Crippen LogP contribution in [0.1, 0.15) is 0 Å². The van der Waals surface area contributed by atoms with Gasteiger partial charge in [0.05, 0.1) is 0 Å². The van der Waals surface area contributed by atoms with Crippen LogP contribution in [0.5, 0.6) is 0 Å². The van der Waals surface area contributed by atoms with Crippen LogP contribution in [0, 0.1) is 0 Å². The van der Waals surface area contributed by atoms with E-state index in [1.165, 1.54) is 0 Å². The highest BCUT2D eigenvalue weighted by molar-refractivity contribution is 7.97. The van der Waals surface area contributed by atoms with Gasteiger partial charge in [0.1, 0.15) is 0 Å². The van der Waals surface area contributed by atoms with Crippen LogP contribution in [-0.4, -0.2) is 20.7 Å². The van der Waals surface area contributed by atoms with Crippen molar-refractivity contribution in [3.05, 3.63) is 24.0 Å². The smallest absolute Gasteiger partial charge is 0.191 e. The Bertz CT molecular complexity index is 181. The van der Waals surface area contributed by atoms with Gasteiger partial charge in [-0.05, 0) is 0 Å². The predicted octanol–water partition coefficient (Wildman–Crippen LogP) is 0.563. The average molecular weight is 195 g/mol. The minimum Gasteiger partial charge on any atom is -0.330 e. The molecule has 0 saturated carbocycles. The van der Waals surface area contributed by atoms with E-state index >= 15 is 0 Å². The molecule has 0 rings (SSSR count). The third kappa shape index (κ3) is 12.8. The topological polar surface area (TPSA) is 60.2 Å². The standard InChI is InChI=1S/C4H6O2S.C2H7NS/c1-3-7(5,6)4-2;3-1-2-4/h3-4H,1-2H2;4H,1-3H2. The zero-order valence-electron chi connectivity index (χ0n) is 6.23. The molecule has 0 aliphatic heterocycles. The van der Waals surface area contributed by atoms with Crippen molar-refractivity contribution < 1.29 is 8.42 Å². The fourth-order valence-electron chi connectivity index (χ4n) is 0.0680. The van der Waals surface area contributed by atoms with Gasteiger partial charge in [-0.2, -0.15) is 12.6 Å². The first-order valence-corrected chi connectivity index (χ1v) is 5.09. The van der Waals surface area contributed by atoms with Gasteiger partial charge in [0.2, 0.25) is 0 Å². The quantitative estimate of drug-likeness (QED) is 0.647. The number of hydrogen-bond donors (Lipinski definition) is 2. The summed E-state index contributed by atoms with van der Waals surface area (Å²) in [6, 6.07) is 0. The molecule has 5 heteroatoms. The third-order valence-corrected chi connectivity index (χ3v) is 1.78. The maximum Gasteiger partial charge on any atom is 0.191 e. The third-order valence-electron chi connectivity index (χ3n) is 0.594. The monoisotopic (exact) mass is 195 g/mol. The molecule has 0 atom stereocenters. The number of rotatable bonds is 3. The molecule has 3 nitrogen and oxygen atoms in total. The second-order valence-electron chi connectivity index (χ2n) is 1.43. The van der Waals surface area contributed by atoms with E-state index < -0.39 is 9.84 Å². The van der Waals surface area contributed by atoms with Crippen LogP contribution >= 0.6 is 12.6 Å². The summed E-state index contributed by atoms with van der Waals surface area (Å²) in [5, 5.41) is 1.69. The van der Waals surface area contributed by atoms with E-state index in [9.17, 15) is 8.42 Å². The molecule has 0 aliphatic rings. The molecule has 0 fully saturated rings. The van der Waals surface area contributed by atoms with Gasteiger partial charge in [-0.15, -0.1) is 0 Å². The summed E-state index contributed by atoms with van der Waals surface area (Å²) in [5.41, 5.74) is 4.95. The van der Waals surface area contributed by atoms with Gasteiger partial charge < -0.3 is 5.73 Å². The van der Waals surface area contributed by atoms with Crippen molar-refractivity contribution in [3.63, 3.8) is 0 Å². The Labute approximate surface area is 73.3 Å². The maximum atomic E-state index is 10.1. The van der Waals surface area contributed by atoms with E-state index in [-0.39, 0.29) is 0 Å². The summed E-state index contributed by atoms with van der Waals surface area (Å²) in [7, 11) is -3.13. The van der Waals surface area contributed by atoms with Crippen molar-refractivity contribution in [3.8, 4) is 0 Å². The Morgan fingerprint density at radius 3 is 1.64 bits per heavy atom. The van der Waals surface area contributed by atoms with Gasteiger partial charge in [0.15, 0.2) is 9.84 Å². The van der Waals surface area contributed by atoms with Crippen LogP contribution in [0.4, 0.5) is 0 Å². The first kappa shape index (κ1) is 13.3. The molecule has 0 amide bonds. The summed E-state index contributed by atoms with van der Waals surface area (Å²) >= 11 is 3.80. The van der Waals surface area contributed by atoms with Gasteiger partial charge in [-0.25, -0.2) is 8.42 Å². The zero-order valence-corrected chi connectivity index (χ0v) is 7.94. The molecule has 0 aromatic heterocycles. The zero-order chi connectivity index (χ0) is 9.33. The number of hydrogen-bond acceptors (Lipinski definition) is 4. The lowest BCUT2D eigenvalue weighted by molar-refractivity contribution is 0.613. The summed E-state index contributed by atoms with van der Waals surface area (Å²) in [4.78, 5) is 0. The summed E-state index contributed by atoms with van der Waals surface area (Å²) in [6.45, 7) is 6.77. The SMILES string of the molecule is C=CS(=O)(=O)C=C.NCCS. The highest BCUT2D eigenvalue weighted by Crippen LogP contribution is 1.87. The molecule has 2 N–H and O–H groups in total. The number of nitrogens with two attached hydrogens (primary N) is 1. The molecule has 0 bridgehead atoms. The van der Waals surface area contributed by atoms with Crippen molar-refractivity contribution >= 4 is 22.5 Å². The van der Waals surface area contributed by atoms with Crippen LogP contribution in [0.3, 0.4) is 0 Å². The van der Waals surface area contributed by atoms with E-state index in [1.54, 1.807) is 0 Å². The molecule has 0 aromatic rings. The molecule has 0 spiro atoms. The van der Waals surface area contributed by atoms with Crippen LogP contribution in [0.2, 0.25) is 0 Å². The summed E-state index contributed by atoms with van der Waals surface area (Å²) in [5.74, 6) is 0.792. The van der Waals surface area contributed by atoms with E-state index in [4.69, 9.17) is 5.73 Å². The number of thiol groups is 1. The van der Waals surface area contributed by atoms with E-state index in [0.717, 1.165) is 16.6 Å². The van der Waals surface area contributed by atoms with Crippen molar-refractivity contribution in [1.82, 2.24) is 0 Å². The van der Waals surface area contributed by atoms with Gasteiger partial charge in [0, 0.05) is 23.1 Å². The highest BCUT2D eigenvalue weighted by atomic mass is 32.2. The van der Waals surface area contributed by atoms with Gasteiger partial charge >= 0.3 is 0 Å². The van der Waals surface area contributed by atoms with Crippen LogP contribution < -0.4 is 5.73 Å². The molecule has 0 unspecified atom stereocenters. The van der Waals surface area contributed by atoms with Crippen LogP contribution in [0.25, 0.3) is 0 Å². The minimum atomic E-state index is -3.13. The van der Waals surface area contributed by atoms with Crippen molar-refractivity contribution in [2.24, 2.45) is 5.73 Å². The summed E-state index contributed by atoms with van der Waals surface area (Å²) in [6.07, 6.45) is 0. The summed E-state index contributed by atoms with van der Waals surface area (Å²) < 4.78 is 20.3. The molecule has 0 heterocycles. The van der Waals surface area contributed by atoms with Crippen LogP contribution in [-0.2, 0) is 9.84 Å². The van der Waals surface area contributed by atoms with E-state index in [2.05, 4.69) is 25.8 Å². The second-order valence-corrected chi connectivity index (χ2v) is 3.73. The van der Waals surface area contributed by atoms with Gasteiger partial charge in [-0.3, -0.25) is 0 Å². The largest absolute Gasteiger partial charge is 0.330 e. The normalized spacial score (nSPS) is 9.27. The Morgan fingerprint density at radius 2 is 1.64 bits per heavy atom. The lowest BCUT2D eigenvalue weighted by Crippen LogP contribution is -1.97. The molecule has 0 saturated heterocycles. The number of sulfone groups is 1. The molecule has 0 radical (unpaired) electrons. The molecule has 0 aromatic carbocycles. The Hall–Kier alpha value is -0.260. The van der Waals surface area contributed by atoms with Crippen molar-refractivity contribution in [2.45, 2.75) is 0 Å². The molecular formula is C6H13NO2S2. The Morgan fingerprint density at radius 1 is 1.36 bits per heavy atom. The maximum absolute atomic E-state index is 10.1. The molecular weight excluding hydrogens is 182 g/mol. The van der Waals surface area contributed by atoms with Crippen LogP contribution in [0.15, 0.2) is 24.0 Å². The second kappa shape index (κ2) is 7.84. The fraction of sp³-hybridized carbons (Fsp3) is 0.333. The average Bonchev–Trinajstić information content (AvgIpc) is 2.05. The predicted molar refractivity (Wildman–Crippen MR) is 52.2 cm³/mol. The molecule has 11 heavy (non-hydrogen) atoms. The minimum absolute atomic E-state index is 0.684. The van der Waals surface area contributed by atoms with Gasteiger partial charge in [-0.1, -0.05) is 13.2 Å². The lowest BCUT2D eigenvalue weighted by atomic mass is 10.8. The highest BCUT2D eigenvalue weighted by Gasteiger charge is 1.90. The van der Waals surface area contributed by atoms with E-state index in [1.807, 2.05) is 0 Å². The van der Waals surface area contributed by atoms with Gasteiger partial charge in [0.25, 0.3) is 0 Å². The van der Waals surface area contributed by atoms with E-state index in [0.29, 0.717) is 6.54 Å². The Balaban J connectivity index is 0. The first-order valence-electron chi connectivity index (χ1n) is 2.85. The molecule has 0 aliphatic carbocycles. The fourth-order valence-corrected chi connectivity index (χ4v) is 0.204. The molecule has 66 valence electrons. The van der Waals surface area contributed by atoms with Crippen molar-refractivity contribution in [2.75, 3.05) is 12.3 Å².